The van der Waals surface area contributed by atoms with E-state index in [9.17, 15) is 27.6 Å². The van der Waals surface area contributed by atoms with Crippen molar-refractivity contribution >= 4 is 56.3 Å². The first-order chi connectivity index (χ1) is 18.4. The second-order valence-electron chi connectivity index (χ2n) is 8.70. The maximum atomic E-state index is 13.6. The Hall–Kier alpha value is -3.90. The van der Waals surface area contributed by atoms with Crippen molar-refractivity contribution in [2.45, 2.75) is 37.2 Å². The fraction of sp³-hybridized carbons (Fsp3) is 0.308. The minimum atomic E-state index is -4.09. The molecule has 3 aromatic rings. The van der Waals surface area contributed by atoms with Gasteiger partial charge in [0.1, 0.15) is 12.1 Å². The van der Waals surface area contributed by atoms with Crippen molar-refractivity contribution in [3.8, 4) is 0 Å². The lowest BCUT2D eigenvalue weighted by Crippen LogP contribution is -2.51. The van der Waals surface area contributed by atoms with Crippen LogP contribution in [0, 0.1) is 6.92 Å². The number of aryl methyl sites for hydroxylation is 1. The highest BCUT2D eigenvalue weighted by Gasteiger charge is 2.29. The summed E-state index contributed by atoms with van der Waals surface area (Å²) >= 11 is 5.73. The van der Waals surface area contributed by atoms with Crippen molar-refractivity contribution < 1.29 is 37.1 Å². The number of alkyl carbamates (subject to hydrolysis) is 1. The number of methoxy groups -OCH3 is 2. The van der Waals surface area contributed by atoms with Crippen LogP contribution in [0.4, 0.5) is 4.79 Å². The summed E-state index contributed by atoms with van der Waals surface area (Å²) in [6, 6.07) is 8.41. The molecule has 0 radical (unpaired) electrons. The van der Waals surface area contributed by atoms with Gasteiger partial charge >= 0.3 is 12.1 Å². The smallest absolute Gasteiger partial charge is 0.407 e. The molecule has 0 saturated heterocycles. The molecule has 0 aliphatic carbocycles. The van der Waals surface area contributed by atoms with Gasteiger partial charge in [0.25, 0.3) is 10.0 Å². The fourth-order valence-corrected chi connectivity index (χ4v) is 5.43. The van der Waals surface area contributed by atoms with E-state index in [1.807, 2.05) is 6.92 Å². The van der Waals surface area contributed by atoms with Crippen molar-refractivity contribution in [2.75, 3.05) is 20.1 Å². The maximum Gasteiger partial charge on any atom is 0.407 e. The number of ketones is 1. The van der Waals surface area contributed by atoms with Crippen LogP contribution >= 0.6 is 11.6 Å². The van der Waals surface area contributed by atoms with Crippen LogP contribution in [0.3, 0.4) is 0 Å². The van der Waals surface area contributed by atoms with Crippen LogP contribution in [0.2, 0.25) is 0 Å². The molecule has 208 valence electrons. The lowest BCUT2D eigenvalue weighted by molar-refractivity contribution is -0.144. The Bertz CT molecular complexity index is 1520. The molecule has 11 nitrogen and oxygen atoms in total. The van der Waals surface area contributed by atoms with Crippen LogP contribution < -0.4 is 10.6 Å². The predicted molar refractivity (Wildman–Crippen MR) is 143 cm³/mol. The molecule has 0 aliphatic heterocycles. The number of esters is 1. The highest BCUT2D eigenvalue weighted by atomic mass is 35.5. The number of benzene rings is 2. The summed E-state index contributed by atoms with van der Waals surface area (Å²) in [6.07, 6.45) is 0.202. The zero-order valence-electron chi connectivity index (χ0n) is 21.7. The molecule has 1 heterocycles. The number of fused-ring (bicyclic) bond motifs is 1. The monoisotopic (exact) mass is 577 g/mol. The molecule has 13 heteroatoms. The summed E-state index contributed by atoms with van der Waals surface area (Å²) in [5.41, 5.74) is 1.69. The summed E-state index contributed by atoms with van der Waals surface area (Å²) in [6.45, 7) is 3.23. The number of nitrogens with zero attached hydrogens (tertiary/aromatic N) is 1. The quantitative estimate of drug-likeness (QED) is 0.212. The van der Waals surface area contributed by atoms with Crippen molar-refractivity contribution in [3.63, 3.8) is 0 Å². The van der Waals surface area contributed by atoms with Gasteiger partial charge in [-0.3, -0.25) is 9.59 Å². The summed E-state index contributed by atoms with van der Waals surface area (Å²) in [4.78, 5) is 49.3. The molecule has 0 unspecified atom stereocenters. The Morgan fingerprint density at radius 1 is 1.00 bits per heavy atom. The molecule has 0 spiro atoms. The minimum absolute atomic E-state index is 0.0337. The normalized spacial score (nSPS) is 12.8. The predicted octanol–water partition coefficient (Wildman–Crippen LogP) is 2.55. The van der Waals surface area contributed by atoms with Crippen molar-refractivity contribution in [2.24, 2.45) is 0 Å². The van der Waals surface area contributed by atoms with Gasteiger partial charge < -0.3 is 20.1 Å². The highest BCUT2D eigenvalue weighted by molar-refractivity contribution is 7.90. The van der Waals surface area contributed by atoms with Gasteiger partial charge in [0, 0.05) is 23.6 Å². The Morgan fingerprint density at radius 2 is 1.67 bits per heavy atom. The maximum absolute atomic E-state index is 13.6. The summed E-state index contributed by atoms with van der Waals surface area (Å²) in [5, 5.41) is 5.21. The molecule has 1 aromatic heterocycles. The van der Waals surface area contributed by atoms with Crippen molar-refractivity contribution in [3.05, 3.63) is 65.4 Å². The number of Topliss-reactive ketones (excluding diaryl/α,β-unsaturated/α-hetero) is 1. The van der Waals surface area contributed by atoms with Gasteiger partial charge in [-0.25, -0.2) is 22.0 Å². The van der Waals surface area contributed by atoms with Crippen molar-refractivity contribution in [1.29, 1.82) is 0 Å². The molecule has 0 fully saturated rings. The van der Waals surface area contributed by atoms with E-state index in [4.69, 9.17) is 11.6 Å². The molecule has 0 bridgehead atoms. The Morgan fingerprint density at radius 3 is 2.26 bits per heavy atom. The number of ether oxygens (including phenoxy) is 2. The lowest BCUT2D eigenvalue weighted by atomic mass is 10.0. The number of aromatic nitrogens is 1. The van der Waals surface area contributed by atoms with E-state index >= 15 is 0 Å². The highest BCUT2D eigenvalue weighted by Crippen LogP contribution is 2.29. The van der Waals surface area contributed by atoms with E-state index in [2.05, 4.69) is 20.1 Å². The van der Waals surface area contributed by atoms with Crippen LogP contribution in [-0.2, 0) is 35.5 Å². The van der Waals surface area contributed by atoms with Crippen LogP contribution in [0.15, 0.2) is 53.6 Å². The van der Waals surface area contributed by atoms with E-state index < -0.39 is 40.1 Å². The number of carbonyl (C=O) groups is 4. The molecule has 3 rings (SSSR count). The van der Waals surface area contributed by atoms with Gasteiger partial charge in [-0.05, 0) is 49.7 Å². The van der Waals surface area contributed by atoms with Gasteiger partial charge in [-0.1, -0.05) is 17.7 Å². The Labute approximate surface area is 230 Å². The third kappa shape index (κ3) is 6.58. The molecule has 2 N–H and O–H groups in total. The summed E-state index contributed by atoms with van der Waals surface area (Å²) in [7, 11) is -1.80. The number of hydrogen-bond acceptors (Lipinski definition) is 8. The Kier molecular flexibility index (Phi) is 9.36. The van der Waals surface area contributed by atoms with E-state index in [0.717, 1.165) is 23.8 Å². The van der Waals surface area contributed by atoms with Gasteiger partial charge in [0.05, 0.1) is 30.5 Å². The number of amides is 2. The molecular weight excluding hydrogens is 550 g/mol. The first-order valence-electron chi connectivity index (χ1n) is 11.7. The number of nitrogens with one attached hydrogen (secondary N) is 2. The average molecular weight is 578 g/mol. The molecule has 0 saturated carbocycles. The standard InChI is InChI=1S/C26H28ClN3O8S/c1-15-5-8-19(9-6-15)39(35,36)30-14-18(20-11-17(23(31)13-27)7-10-22(20)30)12-21(29-26(34)38-4)24(32)28-16(2)25(33)37-3/h5-11,14,16,21H,12-13H2,1-4H3,(H,28,32)(H,29,34)/t16-,21-/m0/s1. The zero-order valence-corrected chi connectivity index (χ0v) is 23.3. The minimum Gasteiger partial charge on any atom is -0.467 e. The fourth-order valence-electron chi connectivity index (χ4n) is 3.88. The van der Waals surface area contributed by atoms with Gasteiger partial charge in [-0.2, -0.15) is 0 Å². The number of halogens is 1. The van der Waals surface area contributed by atoms with E-state index in [1.54, 1.807) is 12.1 Å². The molecule has 2 aromatic carbocycles. The second kappa shape index (κ2) is 12.3. The molecule has 2 atom stereocenters. The first-order valence-corrected chi connectivity index (χ1v) is 13.7. The van der Waals surface area contributed by atoms with Crippen LogP contribution in [0.5, 0.6) is 0 Å². The van der Waals surface area contributed by atoms with Gasteiger partial charge in [0.15, 0.2) is 5.78 Å². The Balaban J connectivity index is 2.15. The molecule has 39 heavy (non-hydrogen) atoms. The third-order valence-corrected chi connectivity index (χ3v) is 7.94. The number of hydrogen-bond donors (Lipinski definition) is 2. The average Bonchev–Trinajstić information content (AvgIpc) is 3.30. The van der Waals surface area contributed by atoms with E-state index in [-0.39, 0.29) is 34.1 Å². The van der Waals surface area contributed by atoms with Crippen LogP contribution in [-0.4, -0.2) is 68.3 Å². The first kappa shape index (κ1) is 29.7. The van der Waals surface area contributed by atoms with Gasteiger partial charge in [0.2, 0.25) is 5.91 Å². The lowest BCUT2D eigenvalue weighted by Gasteiger charge is -2.20. The molecule has 2 amide bonds. The van der Waals surface area contributed by atoms with E-state index in [1.165, 1.54) is 43.5 Å². The SMILES string of the molecule is COC(=O)N[C@@H](Cc1cn(S(=O)(=O)c2ccc(C)cc2)c2ccc(C(=O)CCl)cc12)C(=O)N[C@@H](C)C(=O)OC. The van der Waals surface area contributed by atoms with Gasteiger partial charge in [-0.15, -0.1) is 11.6 Å². The topological polar surface area (TPSA) is 150 Å². The van der Waals surface area contributed by atoms with E-state index in [0.29, 0.717) is 10.9 Å². The van der Waals surface area contributed by atoms with Crippen LogP contribution in [0.25, 0.3) is 10.9 Å². The number of carbonyl (C=O) groups excluding carboxylic acids is 4. The second-order valence-corrected chi connectivity index (χ2v) is 10.8. The summed E-state index contributed by atoms with van der Waals surface area (Å²) in [5.74, 6) is -2.12. The third-order valence-electron chi connectivity index (χ3n) is 6.01. The molecule has 0 aliphatic rings. The number of alkyl halides is 1. The van der Waals surface area contributed by atoms with Crippen LogP contribution in [0.1, 0.15) is 28.4 Å². The molecular formula is C26H28ClN3O8S. The largest absolute Gasteiger partial charge is 0.467 e. The summed E-state index contributed by atoms with van der Waals surface area (Å²) < 4.78 is 37.5. The zero-order chi connectivity index (χ0) is 28.9. The number of rotatable bonds is 10. The van der Waals surface area contributed by atoms with Crippen molar-refractivity contribution in [1.82, 2.24) is 14.6 Å².